The summed E-state index contributed by atoms with van der Waals surface area (Å²) in [7, 11) is 0. The molecule has 0 aromatic carbocycles. The minimum atomic E-state index is 0.797. The van der Waals surface area contributed by atoms with Crippen LogP contribution < -0.4 is 0 Å². The van der Waals surface area contributed by atoms with Crippen molar-refractivity contribution in [2.24, 2.45) is 5.92 Å². The van der Waals surface area contributed by atoms with E-state index in [0.717, 1.165) is 17.8 Å². The maximum atomic E-state index is 5.89. The van der Waals surface area contributed by atoms with Gasteiger partial charge in [-0.15, -0.1) is 11.6 Å². The number of likely N-dealkylation sites (tertiary alicyclic amines) is 1. The number of nitrogens with zero attached hydrogens (tertiary/aromatic N) is 1. The van der Waals surface area contributed by atoms with E-state index >= 15 is 0 Å². The fourth-order valence-corrected chi connectivity index (χ4v) is 3.91. The average Bonchev–Trinajstić information content (AvgIpc) is 2.30. The first kappa shape index (κ1) is 11.1. The fraction of sp³-hybridized carbons (Fsp3) is 1.00. The number of halogens is 1. The Hall–Kier alpha value is 0.600. The molecule has 0 aliphatic carbocycles. The van der Waals surface area contributed by atoms with Gasteiger partial charge in [0, 0.05) is 11.9 Å². The van der Waals surface area contributed by atoms with Gasteiger partial charge >= 0.3 is 0 Å². The van der Waals surface area contributed by atoms with E-state index in [4.69, 9.17) is 11.6 Å². The van der Waals surface area contributed by atoms with Gasteiger partial charge < -0.3 is 4.90 Å². The third-order valence-corrected chi connectivity index (χ3v) is 5.06. The molecule has 0 radical (unpaired) electrons. The van der Waals surface area contributed by atoms with Crippen molar-refractivity contribution in [1.82, 2.24) is 4.90 Å². The first-order chi connectivity index (χ1) is 6.90. The highest BCUT2D eigenvalue weighted by atomic mass is 35.5. The molecule has 2 heterocycles. The molecule has 0 atom stereocenters. The summed E-state index contributed by atoms with van der Waals surface area (Å²) in [5.74, 6) is 4.42. The van der Waals surface area contributed by atoms with Crippen LogP contribution in [0.4, 0.5) is 0 Å². The van der Waals surface area contributed by atoms with Gasteiger partial charge in [-0.05, 0) is 56.2 Å². The standard InChI is InChI=1S/C11H20ClNS/c12-9-10-1-5-13(6-2-10)11-3-7-14-8-4-11/h10-11H,1-9H2. The van der Waals surface area contributed by atoms with Crippen LogP contribution in [0.25, 0.3) is 0 Å². The Morgan fingerprint density at radius 1 is 1.07 bits per heavy atom. The Labute approximate surface area is 96.6 Å². The van der Waals surface area contributed by atoms with Crippen LogP contribution in [0.1, 0.15) is 25.7 Å². The Morgan fingerprint density at radius 3 is 2.29 bits per heavy atom. The molecule has 2 rings (SSSR count). The smallest absolute Gasteiger partial charge is 0.0252 e. The summed E-state index contributed by atoms with van der Waals surface area (Å²) < 4.78 is 0. The maximum absolute atomic E-state index is 5.89. The van der Waals surface area contributed by atoms with Crippen LogP contribution in [-0.4, -0.2) is 41.4 Å². The second-order valence-electron chi connectivity index (χ2n) is 4.48. The summed E-state index contributed by atoms with van der Waals surface area (Å²) in [5, 5.41) is 0. The first-order valence-electron chi connectivity index (χ1n) is 5.78. The molecule has 0 N–H and O–H groups in total. The number of rotatable bonds is 2. The molecule has 2 fully saturated rings. The predicted octanol–water partition coefficient (Wildman–Crippen LogP) is 2.83. The molecular formula is C11H20ClNS. The van der Waals surface area contributed by atoms with Crippen LogP contribution >= 0.6 is 23.4 Å². The van der Waals surface area contributed by atoms with Crippen LogP contribution in [0.15, 0.2) is 0 Å². The minimum absolute atomic E-state index is 0.797. The van der Waals surface area contributed by atoms with E-state index in [-0.39, 0.29) is 0 Å². The Kier molecular flexibility index (Phi) is 4.45. The van der Waals surface area contributed by atoms with Gasteiger partial charge in [0.15, 0.2) is 0 Å². The molecule has 0 bridgehead atoms. The summed E-state index contributed by atoms with van der Waals surface area (Å²) in [4.78, 5) is 2.71. The molecule has 0 unspecified atom stereocenters. The largest absolute Gasteiger partial charge is 0.300 e. The van der Waals surface area contributed by atoms with Crippen LogP contribution in [0.3, 0.4) is 0 Å². The molecule has 0 amide bonds. The van der Waals surface area contributed by atoms with Crippen molar-refractivity contribution in [2.75, 3.05) is 30.5 Å². The Bertz CT molecular complexity index is 163. The van der Waals surface area contributed by atoms with E-state index < -0.39 is 0 Å². The number of thioether (sulfide) groups is 1. The Morgan fingerprint density at radius 2 is 1.71 bits per heavy atom. The van der Waals surface area contributed by atoms with Crippen molar-refractivity contribution in [2.45, 2.75) is 31.7 Å². The zero-order valence-electron chi connectivity index (χ0n) is 8.75. The molecule has 14 heavy (non-hydrogen) atoms. The molecule has 0 spiro atoms. The SMILES string of the molecule is ClCC1CCN(C2CCSCC2)CC1. The third-order valence-electron chi connectivity index (χ3n) is 3.57. The van der Waals surface area contributed by atoms with Gasteiger partial charge in [0.2, 0.25) is 0 Å². The molecule has 0 saturated carbocycles. The normalized spacial score (nSPS) is 28.1. The van der Waals surface area contributed by atoms with Crippen molar-refractivity contribution in [3.05, 3.63) is 0 Å². The molecule has 0 aromatic rings. The molecular weight excluding hydrogens is 214 g/mol. The van der Waals surface area contributed by atoms with Crippen molar-refractivity contribution < 1.29 is 0 Å². The monoisotopic (exact) mass is 233 g/mol. The minimum Gasteiger partial charge on any atom is -0.300 e. The van der Waals surface area contributed by atoms with E-state index in [0.29, 0.717) is 0 Å². The molecule has 2 saturated heterocycles. The second-order valence-corrected chi connectivity index (χ2v) is 6.01. The zero-order valence-corrected chi connectivity index (χ0v) is 10.3. The summed E-state index contributed by atoms with van der Waals surface area (Å²) >= 11 is 8.01. The lowest BCUT2D eigenvalue weighted by Gasteiger charge is -2.38. The lowest BCUT2D eigenvalue weighted by Crippen LogP contribution is -2.43. The number of alkyl halides is 1. The second kappa shape index (κ2) is 5.62. The lowest BCUT2D eigenvalue weighted by molar-refractivity contribution is 0.132. The van der Waals surface area contributed by atoms with Gasteiger partial charge in [0.1, 0.15) is 0 Å². The number of piperidine rings is 1. The highest BCUT2D eigenvalue weighted by Crippen LogP contribution is 2.26. The van der Waals surface area contributed by atoms with Crippen molar-refractivity contribution in [3.63, 3.8) is 0 Å². The van der Waals surface area contributed by atoms with Crippen molar-refractivity contribution in [1.29, 1.82) is 0 Å². The van der Waals surface area contributed by atoms with Crippen LogP contribution in [0.5, 0.6) is 0 Å². The number of hydrogen-bond acceptors (Lipinski definition) is 2. The molecule has 2 aliphatic rings. The summed E-state index contributed by atoms with van der Waals surface area (Å²) in [6.07, 6.45) is 5.48. The van der Waals surface area contributed by atoms with Crippen LogP contribution in [0.2, 0.25) is 0 Å². The average molecular weight is 234 g/mol. The van der Waals surface area contributed by atoms with Gasteiger partial charge in [-0.25, -0.2) is 0 Å². The van der Waals surface area contributed by atoms with Gasteiger partial charge in [-0.2, -0.15) is 11.8 Å². The molecule has 2 aliphatic heterocycles. The van der Waals surface area contributed by atoms with E-state index in [9.17, 15) is 0 Å². The zero-order chi connectivity index (χ0) is 9.80. The topological polar surface area (TPSA) is 3.24 Å². The molecule has 3 heteroatoms. The van der Waals surface area contributed by atoms with Crippen molar-refractivity contribution >= 4 is 23.4 Å². The lowest BCUT2D eigenvalue weighted by atomic mass is 9.96. The molecule has 1 nitrogen and oxygen atoms in total. The Balaban J connectivity index is 1.76. The quantitative estimate of drug-likeness (QED) is 0.675. The van der Waals surface area contributed by atoms with Gasteiger partial charge in [0.25, 0.3) is 0 Å². The van der Waals surface area contributed by atoms with E-state index in [1.54, 1.807) is 0 Å². The van der Waals surface area contributed by atoms with Gasteiger partial charge in [-0.1, -0.05) is 0 Å². The fourth-order valence-electron chi connectivity index (χ4n) is 2.52. The maximum Gasteiger partial charge on any atom is 0.0252 e. The highest BCUT2D eigenvalue weighted by molar-refractivity contribution is 7.99. The van der Waals surface area contributed by atoms with Crippen molar-refractivity contribution in [3.8, 4) is 0 Å². The summed E-state index contributed by atoms with van der Waals surface area (Å²) in [5.41, 5.74) is 0. The van der Waals surface area contributed by atoms with Crippen LogP contribution in [0, 0.1) is 5.92 Å². The van der Waals surface area contributed by atoms with Gasteiger partial charge in [0.05, 0.1) is 0 Å². The van der Waals surface area contributed by atoms with E-state index in [1.165, 1.54) is 50.3 Å². The summed E-state index contributed by atoms with van der Waals surface area (Å²) in [6, 6.07) is 0.896. The predicted molar refractivity (Wildman–Crippen MR) is 65.4 cm³/mol. The summed E-state index contributed by atoms with van der Waals surface area (Å²) in [6.45, 7) is 2.60. The number of hydrogen-bond donors (Lipinski definition) is 0. The van der Waals surface area contributed by atoms with Crippen LogP contribution in [-0.2, 0) is 0 Å². The first-order valence-corrected chi connectivity index (χ1v) is 7.47. The third kappa shape index (κ3) is 2.80. The van der Waals surface area contributed by atoms with E-state index in [2.05, 4.69) is 16.7 Å². The van der Waals surface area contributed by atoms with Gasteiger partial charge in [-0.3, -0.25) is 0 Å². The molecule has 82 valence electrons. The molecule has 0 aromatic heterocycles. The van der Waals surface area contributed by atoms with E-state index in [1.807, 2.05) is 0 Å². The highest BCUT2D eigenvalue weighted by Gasteiger charge is 2.25.